The van der Waals surface area contributed by atoms with Gasteiger partial charge in [-0.15, -0.1) is 5.56 Å². The molecule has 0 heterocycles. The predicted octanol–water partition coefficient (Wildman–Crippen LogP) is 7.27. The molecule has 0 unspecified atom stereocenters. The fourth-order valence-electron chi connectivity index (χ4n) is 2.32. The van der Waals surface area contributed by atoms with Gasteiger partial charge >= 0.3 is 26.2 Å². The minimum absolute atomic E-state index is 0. The number of unbranched alkanes of at least 4 members (excludes halogenated alkanes) is 2. The van der Waals surface area contributed by atoms with Crippen LogP contribution in [-0.4, -0.2) is 0 Å². The quantitative estimate of drug-likeness (QED) is 0.234. The number of allylic oxidation sites excluding steroid dienone is 3. The molecule has 28 heavy (non-hydrogen) atoms. The number of hydrogen-bond acceptors (Lipinski definition) is 0. The monoisotopic (exact) mass is 446 g/mol. The van der Waals surface area contributed by atoms with E-state index in [9.17, 15) is 0 Å². The van der Waals surface area contributed by atoms with Crippen molar-refractivity contribution in [1.29, 1.82) is 0 Å². The van der Waals surface area contributed by atoms with E-state index in [4.69, 9.17) is 0 Å². The van der Waals surface area contributed by atoms with Crippen molar-refractivity contribution in [2.45, 2.75) is 39.0 Å². The third-order valence-electron chi connectivity index (χ3n) is 3.86. The molecule has 0 amide bonds. The molecule has 2 aliphatic carbocycles. The van der Waals surface area contributed by atoms with E-state index in [1.807, 2.05) is 88.5 Å². The maximum absolute atomic E-state index is 3.96. The Hall–Kier alpha value is -0.417. The maximum Gasteiger partial charge on any atom is 4.00 e. The van der Waals surface area contributed by atoms with Crippen LogP contribution in [0.4, 0.5) is 0 Å². The summed E-state index contributed by atoms with van der Waals surface area (Å²) in [6, 6.07) is 10.3. The Morgan fingerprint density at radius 2 is 1.32 bits per heavy atom. The second-order valence-electron chi connectivity index (χ2n) is 6.12. The summed E-state index contributed by atoms with van der Waals surface area (Å²) in [6.45, 7) is 6.19. The summed E-state index contributed by atoms with van der Waals surface area (Å²) < 4.78 is 0. The topological polar surface area (TPSA) is 0 Å². The van der Waals surface area contributed by atoms with Gasteiger partial charge in [0, 0.05) is 0 Å². The van der Waals surface area contributed by atoms with E-state index in [0.29, 0.717) is 0 Å². The fourth-order valence-corrected chi connectivity index (χ4v) is 2.32. The van der Waals surface area contributed by atoms with Gasteiger partial charge in [-0.2, -0.15) is 12.0 Å². The molecule has 2 aliphatic rings. The molecular weight excluding hydrogens is 416 g/mol. The SMILES string of the molecule is [CH2-]CC(=[C-]/C=C/c1ccccc1)CCCCC.[CH]1[CH][CH][CH][CH]1.[CH]1[CH][CH][CH][CH]1.[Zr+4]. The molecule has 1 aromatic rings. The van der Waals surface area contributed by atoms with Crippen molar-refractivity contribution >= 4 is 6.08 Å². The van der Waals surface area contributed by atoms with E-state index in [0.717, 1.165) is 12.8 Å². The van der Waals surface area contributed by atoms with Crippen molar-refractivity contribution in [2.24, 2.45) is 0 Å². The first-order chi connectivity index (χ1) is 13.4. The molecule has 142 valence electrons. The molecule has 0 spiro atoms. The summed E-state index contributed by atoms with van der Waals surface area (Å²) in [5.41, 5.74) is 2.54. The Balaban J connectivity index is 0.000000535. The zero-order chi connectivity index (χ0) is 19.4. The molecule has 2 fully saturated rings. The average molecular weight is 448 g/mol. The van der Waals surface area contributed by atoms with E-state index in [2.05, 4.69) is 38.1 Å². The van der Waals surface area contributed by atoms with Gasteiger partial charge in [0.1, 0.15) is 0 Å². The standard InChI is InChI=1S/C17H22.2C5H5.Zr/c1-3-5-7-11-16(4-2)14-10-15-17-12-8-6-9-13-17;2*1-2-4-5-3-1;/h6,8-10,12-13,15H,2-5,7,11H2,1H3;2*1-5H;/q-2;;;+4/b15-10+;;;. The number of hydrogen-bond donors (Lipinski definition) is 0. The van der Waals surface area contributed by atoms with Gasteiger partial charge in [-0.3, -0.25) is 6.08 Å². The Bertz CT molecular complexity index is 453. The molecule has 0 aromatic heterocycles. The van der Waals surface area contributed by atoms with Crippen molar-refractivity contribution in [3.63, 3.8) is 0 Å². The molecule has 10 radical (unpaired) electrons. The summed E-state index contributed by atoms with van der Waals surface area (Å²) in [5.74, 6) is 0. The van der Waals surface area contributed by atoms with Crippen LogP contribution in [0.1, 0.15) is 44.6 Å². The molecule has 0 aliphatic heterocycles. The van der Waals surface area contributed by atoms with Crippen LogP contribution in [0.25, 0.3) is 6.08 Å². The fraction of sp³-hybridized carbons (Fsp3) is 0.222. The summed E-state index contributed by atoms with van der Waals surface area (Å²) in [4.78, 5) is 0. The first-order valence-corrected chi connectivity index (χ1v) is 9.82. The third kappa shape index (κ3) is 16.5. The zero-order valence-electron chi connectivity index (χ0n) is 17.1. The number of benzene rings is 1. The molecule has 2 saturated carbocycles. The van der Waals surface area contributed by atoms with Crippen molar-refractivity contribution in [1.82, 2.24) is 0 Å². The minimum Gasteiger partial charge on any atom is -0.341 e. The molecule has 0 atom stereocenters. The van der Waals surface area contributed by atoms with Gasteiger partial charge in [0.05, 0.1) is 0 Å². The van der Waals surface area contributed by atoms with E-state index in [1.165, 1.54) is 30.4 Å². The first-order valence-electron chi connectivity index (χ1n) is 9.82. The second-order valence-corrected chi connectivity index (χ2v) is 6.12. The van der Waals surface area contributed by atoms with Gasteiger partial charge in [-0.05, 0) is 64.2 Å². The summed E-state index contributed by atoms with van der Waals surface area (Å²) in [5, 5.41) is 0. The zero-order valence-corrected chi connectivity index (χ0v) is 19.5. The van der Waals surface area contributed by atoms with Gasteiger partial charge in [0.2, 0.25) is 0 Å². The van der Waals surface area contributed by atoms with Crippen molar-refractivity contribution < 1.29 is 26.2 Å². The Morgan fingerprint density at radius 3 is 1.75 bits per heavy atom. The molecule has 0 bridgehead atoms. The molecule has 0 saturated heterocycles. The van der Waals surface area contributed by atoms with E-state index >= 15 is 0 Å². The Morgan fingerprint density at radius 1 is 0.821 bits per heavy atom. The van der Waals surface area contributed by atoms with Crippen molar-refractivity contribution in [3.05, 3.63) is 125 Å². The van der Waals surface area contributed by atoms with E-state index < -0.39 is 0 Å². The van der Waals surface area contributed by atoms with Gasteiger partial charge in [-0.1, -0.05) is 62.9 Å². The molecule has 0 N–H and O–H groups in total. The maximum atomic E-state index is 3.96. The predicted molar refractivity (Wildman–Crippen MR) is 119 cm³/mol. The summed E-state index contributed by atoms with van der Waals surface area (Å²) >= 11 is 0. The van der Waals surface area contributed by atoms with Crippen LogP contribution in [0.15, 0.2) is 42.0 Å². The smallest absolute Gasteiger partial charge is 0.341 e. The molecule has 0 nitrogen and oxygen atoms in total. The molecule has 3 rings (SSSR count). The first kappa shape index (κ1) is 27.6. The molecule has 1 heteroatoms. The van der Waals surface area contributed by atoms with Crippen molar-refractivity contribution in [3.8, 4) is 0 Å². The van der Waals surface area contributed by atoms with Crippen LogP contribution >= 0.6 is 0 Å². The van der Waals surface area contributed by atoms with Crippen LogP contribution in [0.2, 0.25) is 0 Å². The Kier molecular flexibility index (Phi) is 21.0. The minimum atomic E-state index is 0. The second kappa shape index (κ2) is 21.3. The Labute approximate surface area is 195 Å². The summed E-state index contributed by atoms with van der Waals surface area (Å²) in [7, 11) is 0. The van der Waals surface area contributed by atoms with Gasteiger partial charge in [0.25, 0.3) is 0 Å². The van der Waals surface area contributed by atoms with Crippen LogP contribution in [-0.2, 0) is 26.2 Å². The van der Waals surface area contributed by atoms with Gasteiger partial charge < -0.3 is 6.92 Å². The average Bonchev–Trinajstić information content (AvgIpc) is 3.47. The van der Waals surface area contributed by atoms with Crippen LogP contribution < -0.4 is 0 Å². The van der Waals surface area contributed by atoms with Crippen LogP contribution in [0.3, 0.4) is 0 Å². The molecular formula is C27H32Zr+2. The third-order valence-corrected chi connectivity index (χ3v) is 3.86. The molecule has 1 aromatic carbocycles. The van der Waals surface area contributed by atoms with E-state index in [-0.39, 0.29) is 26.2 Å². The van der Waals surface area contributed by atoms with Gasteiger partial charge in [0.15, 0.2) is 0 Å². The normalized spacial score (nSPS) is 16.0. The van der Waals surface area contributed by atoms with Crippen LogP contribution in [0.5, 0.6) is 0 Å². The van der Waals surface area contributed by atoms with Crippen LogP contribution in [0, 0.1) is 77.2 Å². The largest absolute Gasteiger partial charge is 4.00 e. The van der Waals surface area contributed by atoms with Gasteiger partial charge in [-0.25, -0.2) is 12.2 Å². The van der Waals surface area contributed by atoms with E-state index in [1.54, 1.807) is 0 Å². The number of rotatable bonds is 7. The van der Waals surface area contributed by atoms with Crippen molar-refractivity contribution in [2.75, 3.05) is 0 Å². The summed E-state index contributed by atoms with van der Waals surface area (Å²) in [6.07, 6.45) is 33.3.